The van der Waals surface area contributed by atoms with Crippen LogP contribution in [0.25, 0.3) is 0 Å². The van der Waals surface area contributed by atoms with Gasteiger partial charge in [0.1, 0.15) is 6.04 Å². The molecule has 0 bridgehead atoms. The molecule has 1 atom stereocenters. The van der Waals surface area contributed by atoms with E-state index in [1.54, 1.807) is 0 Å². The van der Waals surface area contributed by atoms with Gasteiger partial charge < -0.3 is 10.6 Å². The maximum absolute atomic E-state index is 12.4. The summed E-state index contributed by atoms with van der Waals surface area (Å²) < 4.78 is 0. The van der Waals surface area contributed by atoms with Gasteiger partial charge in [-0.2, -0.15) is 0 Å². The van der Waals surface area contributed by atoms with Gasteiger partial charge in [0.15, 0.2) is 0 Å². The van der Waals surface area contributed by atoms with Crippen LogP contribution >= 0.6 is 0 Å². The zero-order valence-corrected chi connectivity index (χ0v) is 12.4. The van der Waals surface area contributed by atoms with Crippen LogP contribution in [0.15, 0.2) is 18.2 Å². The highest BCUT2D eigenvalue weighted by molar-refractivity contribution is 5.88. The van der Waals surface area contributed by atoms with Crippen molar-refractivity contribution in [3.63, 3.8) is 0 Å². The van der Waals surface area contributed by atoms with Gasteiger partial charge in [-0.1, -0.05) is 25.1 Å². The lowest BCUT2D eigenvalue weighted by Crippen LogP contribution is -2.45. The summed E-state index contributed by atoms with van der Waals surface area (Å²) in [5.41, 5.74) is 3.65. The van der Waals surface area contributed by atoms with Crippen molar-refractivity contribution >= 4 is 11.6 Å². The minimum atomic E-state index is -0.0922. The first-order valence-electron chi connectivity index (χ1n) is 7.79. The van der Waals surface area contributed by atoms with E-state index in [1.165, 1.54) is 24.0 Å². The van der Waals surface area contributed by atoms with Crippen molar-refractivity contribution in [3.8, 4) is 0 Å². The highest BCUT2D eigenvalue weighted by atomic mass is 16.2. The molecule has 0 radical (unpaired) electrons. The molecule has 3 rings (SSSR count). The fraction of sp³-hybridized carbons (Fsp3) is 0.588. The van der Waals surface area contributed by atoms with Crippen molar-refractivity contribution in [2.45, 2.75) is 58.0 Å². The van der Waals surface area contributed by atoms with E-state index in [0.717, 1.165) is 30.9 Å². The monoisotopic (exact) mass is 272 g/mol. The normalized spacial score (nSPS) is 28.6. The molecule has 1 unspecified atom stereocenters. The number of anilines is 1. The van der Waals surface area contributed by atoms with Crippen molar-refractivity contribution in [1.82, 2.24) is 5.32 Å². The standard InChI is InChI=1S/C17H24N2O/c1-11-6-8-14(9-7-11)18-17(20)15-10-13-5-3-4-12(2)16(13)19-15/h3-5,11,14-15,19H,6-10H2,1-2H3,(H,18,20). The van der Waals surface area contributed by atoms with E-state index in [4.69, 9.17) is 0 Å². The van der Waals surface area contributed by atoms with E-state index in [2.05, 4.69) is 42.7 Å². The van der Waals surface area contributed by atoms with Crippen molar-refractivity contribution in [2.24, 2.45) is 5.92 Å². The molecule has 2 N–H and O–H groups in total. The SMILES string of the molecule is Cc1cccc2c1NC(C(=O)NC1CCC(C)CC1)C2. The van der Waals surface area contributed by atoms with Gasteiger partial charge in [-0.15, -0.1) is 0 Å². The Morgan fingerprint density at radius 1 is 1.25 bits per heavy atom. The van der Waals surface area contributed by atoms with Gasteiger partial charge in [0.2, 0.25) is 5.91 Å². The Morgan fingerprint density at radius 2 is 2.00 bits per heavy atom. The first-order valence-corrected chi connectivity index (χ1v) is 7.79. The van der Waals surface area contributed by atoms with Crippen LogP contribution in [0.3, 0.4) is 0 Å². The number of carbonyl (C=O) groups excluding carboxylic acids is 1. The van der Waals surface area contributed by atoms with E-state index < -0.39 is 0 Å². The number of amides is 1. The largest absolute Gasteiger partial charge is 0.373 e. The van der Waals surface area contributed by atoms with Crippen molar-refractivity contribution in [2.75, 3.05) is 5.32 Å². The summed E-state index contributed by atoms with van der Waals surface area (Å²) in [6.07, 6.45) is 5.55. The number of benzene rings is 1. The van der Waals surface area contributed by atoms with E-state index in [1.807, 2.05) is 0 Å². The van der Waals surface area contributed by atoms with Crippen LogP contribution in [0.2, 0.25) is 0 Å². The highest BCUT2D eigenvalue weighted by Gasteiger charge is 2.29. The van der Waals surface area contributed by atoms with Gasteiger partial charge in [0.05, 0.1) is 0 Å². The van der Waals surface area contributed by atoms with Crippen LogP contribution in [-0.2, 0) is 11.2 Å². The molecule has 1 heterocycles. The predicted octanol–water partition coefficient (Wildman–Crippen LogP) is 3.03. The van der Waals surface area contributed by atoms with Crippen LogP contribution in [0.5, 0.6) is 0 Å². The summed E-state index contributed by atoms with van der Waals surface area (Å²) in [7, 11) is 0. The molecule has 0 aromatic heterocycles. The Kier molecular flexibility index (Phi) is 3.68. The summed E-state index contributed by atoms with van der Waals surface area (Å²) >= 11 is 0. The molecule has 108 valence electrons. The molecular weight excluding hydrogens is 248 g/mol. The second-order valence-electron chi connectivity index (χ2n) is 6.48. The third kappa shape index (κ3) is 2.67. The number of para-hydroxylation sites is 1. The molecule has 1 aliphatic carbocycles. The minimum absolute atomic E-state index is 0.0922. The fourth-order valence-electron chi connectivity index (χ4n) is 3.41. The van der Waals surface area contributed by atoms with Crippen LogP contribution in [0, 0.1) is 12.8 Å². The number of rotatable bonds is 2. The van der Waals surface area contributed by atoms with E-state index in [9.17, 15) is 4.79 Å². The molecule has 1 saturated carbocycles. The lowest BCUT2D eigenvalue weighted by molar-refractivity contribution is -0.122. The molecule has 1 amide bonds. The quantitative estimate of drug-likeness (QED) is 0.869. The van der Waals surface area contributed by atoms with Crippen LogP contribution < -0.4 is 10.6 Å². The van der Waals surface area contributed by atoms with Gasteiger partial charge >= 0.3 is 0 Å². The number of carbonyl (C=O) groups is 1. The second kappa shape index (κ2) is 5.47. The number of hydrogen-bond acceptors (Lipinski definition) is 2. The number of hydrogen-bond donors (Lipinski definition) is 2. The van der Waals surface area contributed by atoms with Crippen LogP contribution in [0.4, 0.5) is 5.69 Å². The summed E-state index contributed by atoms with van der Waals surface area (Å²) in [5.74, 6) is 0.986. The molecule has 1 aliphatic heterocycles. The average Bonchev–Trinajstić information content (AvgIpc) is 2.87. The third-order valence-electron chi connectivity index (χ3n) is 4.78. The Hall–Kier alpha value is -1.51. The van der Waals surface area contributed by atoms with Gasteiger partial charge in [0, 0.05) is 18.2 Å². The maximum Gasteiger partial charge on any atom is 0.243 e. The Balaban J connectivity index is 1.59. The molecule has 1 fully saturated rings. The topological polar surface area (TPSA) is 41.1 Å². The molecular formula is C17H24N2O. The first-order chi connectivity index (χ1) is 9.63. The summed E-state index contributed by atoms with van der Waals surface area (Å²) in [5, 5.41) is 6.62. The molecule has 0 saturated heterocycles. The zero-order valence-electron chi connectivity index (χ0n) is 12.4. The third-order valence-corrected chi connectivity index (χ3v) is 4.78. The first kappa shape index (κ1) is 13.5. The average molecular weight is 272 g/mol. The molecule has 1 aromatic carbocycles. The van der Waals surface area contributed by atoms with Crippen LogP contribution in [-0.4, -0.2) is 18.0 Å². The molecule has 3 heteroatoms. The summed E-state index contributed by atoms with van der Waals surface area (Å²) in [6.45, 7) is 4.39. The van der Waals surface area contributed by atoms with E-state index in [-0.39, 0.29) is 11.9 Å². The number of aryl methyl sites for hydroxylation is 1. The van der Waals surface area contributed by atoms with Gasteiger partial charge in [0.25, 0.3) is 0 Å². The maximum atomic E-state index is 12.4. The van der Waals surface area contributed by atoms with Gasteiger partial charge in [-0.05, 0) is 49.7 Å². The number of fused-ring (bicyclic) bond motifs is 1. The Morgan fingerprint density at radius 3 is 2.70 bits per heavy atom. The van der Waals surface area contributed by atoms with E-state index >= 15 is 0 Å². The number of nitrogens with one attached hydrogen (secondary N) is 2. The lowest BCUT2D eigenvalue weighted by atomic mass is 9.87. The smallest absolute Gasteiger partial charge is 0.243 e. The highest BCUT2D eigenvalue weighted by Crippen LogP contribution is 2.29. The minimum Gasteiger partial charge on any atom is -0.373 e. The fourth-order valence-corrected chi connectivity index (χ4v) is 3.41. The van der Waals surface area contributed by atoms with E-state index in [0.29, 0.717) is 6.04 Å². The van der Waals surface area contributed by atoms with Crippen molar-refractivity contribution < 1.29 is 4.79 Å². The summed E-state index contributed by atoms with van der Waals surface area (Å²) in [4.78, 5) is 12.4. The Labute approximate surface area is 121 Å². The predicted molar refractivity (Wildman–Crippen MR) is 81.9 cm³/mol. The Bertz CT molecular complexity index is 504. The molecule has 0 spiro atoms. The second-order valence-corrected chi connectivity index (χ2v) is 6.48. The molecule has 1 aromatic rings. The molecule has 20 heavy (non-hydrogen) atoms. The lowest BCUT2D eigenvalue weighted by Gasteiger charge is -2.28. The molecule has 2 aliphatic rings. The van der Waals surface area contributed by atoms with Crippen molar-refractivity contribution in [3.05, 3.63) is 29.3 Å². The summed E-state index contributed by atoms with van der Waals surface area (Å²) in [6, 6.07) is 6.56. The van der Waals surface area contributed by atoms with Crippen molar-refractivity contribution in [1.29, 1.82) is 0 Å². The van der Waals surface area contributed by atoms with Gasteiger partial charge in [-0.3, -0.25) is 4.79 Å². The zero-order chi connectivity index (χ0) is 14.1. The van der Waals surface area contributed by atoms with Gasteiger partial charge in [-0.25, -0.2) is 0 Å². The van der Waals surface area contributed by atoms with Crippen LogP contribution in [0.1, 0.15) is 43.7 Å². The molecule has 3 nitrogen and oxygen atoms in total.